The van der Waals surface area contributed by atoms with Crippen molar-refractivity contribution < 1.29 is 24.5 Å². The molecule has 1 saturated carbocycles. The molecule has 2 N–H and O–H groups in total. The van der Waals surface area contributed by atoms with Crippen LogP contribution in [0.4, 0.5) is 0 Å². The number of aliphatic hydroxyl groups is 2. The van der Waals surface area contributed by atoms with E-state index in [0.29, 0.717) is 24.3 Å². The van der Waals surface area contributed by atoms with Crippen molar-refractivity contribution in [1.82, 2.24) is 0 Å². The molecule has 1 aliphatic carbocycles. The van der Waals surface area contributed by atoms with Gasteiger partial charge in [0.1, 0.15) is 11.4 Å². The minimum absolute atomic E-state index is 0.0282. The number of aliphatic hydroxyl groups excluding tert-OH is 1. The van der Waals surface area contributed by atoms with Crippen molar-refractivity contribution in [3.8, 4) is 0 Å². The molecule has 0 amide bonds. The van der Waals surface area contributed by atoms with Crippen LogP contribution in [0.2, 0.25) is 0 Å². The van der Waals surface area contributed by atoms with Crippen molar-refractivity contribution in [2.75, 3.05) is 13.2 Å². The molecule has 2 fully saturated rings. The molecule has 1 aliphatic heterocycles. The average molecular weight is 368 g/mol. The summed E-state index contributed by atoms with van der Waals surface area (Å²) in [6.45, 7) is 2.54. The number of rotatable bonds is 4. The van der Waals surface area contributed by atoms with E-state index >= 15 is 0 Å². The summed E-state index contributed by atoms with van der Waals surface area (Å²) in [5, 5.41) is 22.8. The lowest BCUT2D eigenvalue weighted by molar-refractivity contribution is -0.220. The highest BCUT2D eigenvalue weighted by Gasteiger charge is 2.61. The summed E-state index contributed by atoms with van der Waals surface area (Å²) in [6.07, 6.45) is -0.968. The lowest BCUT2D eigenvalue weighted by atomic mass is 9.69. The van der Waals surface area contributed by atoms with Crippen molar-refractivity contribution in [1.29, 1.82) is 0 Å². The maximum atomic E-state index is 13.1. The van der Waals surface area contributed by atoms with E-state index in [1.165, 1.54) is 0 Å². The summed E-state index contributed by atoms with van der Waals surface area (Å²) in [5.74, 6) is -2.88. The van der Waals surface area contributed by atoms with Gasteiger partial charge in [-0.1, -0.05) is 60.7 Å². The van der Waals surface area contributed by atoms with E-state index < -0.39 is 29.3 Å². The second-order valence-electron chi connectivity index (χ2n) is 7.45. The van der Waals surface area contributed by atoms with E-state index in [-0.39, 0.29) is 12.2 Å². The van der Waals surface area contributed by atoms with Gasteiger partial charge in [0.2, 0.25) is 0 Å². The van der Waals surface area contributed by atoms with Crippen molar-refractivity contribution in [3.63, 3.8) is 0 Å². The summed E-state index contributed by atoms with van der Waals surface area (Å²) in [7, 11) is 0. The van der Waals surface area contributed by atoms with Crippen LogP contribution in [-0.2, 0) is 19.9 Å². The van der Waals surface area contributed by atoms with Crippen LogP contribution in [0.1, 0.15) is 24.5 Å². The van der Waals surface area contributed by atoms with Gasteiger partial charge < -0.3 is 19.7 Å². The van der Waals surface area contributed by atoms with Crippen LogP contribution in [0.15, 0.2) is 60.7 Å². The molecule has 1 heterocycles. The smallest absolute Gasteiger partial charge is 0.171 e. The Morgan fingerprint density at radius 2 is 1.44 bits per heavy atom. The lowest BCUT2D eigenvalue weighted by Gasteiger charge is -2.42. The number of ketones is 1. The minimum Gasteiger partial charge on any atom is -0.392 e. The second-order valence-corrected chi connectivity index (χ2v) is 7.45. The van der Waals surface area contributed by atoms with Gasteiger partial charge in [0.15, 0.2) is 5.79 Å². The predicted octanol–water partition coefficient (Wildman–Crippen LogP) is 2.25. The fraction of sp³-hybridized carbons (Fsp3) is 0.409. The van der Waals surface area contributed by atoms with Crippen LogP contribution >= 0.6 is 0 Å². The monoisotopic (exact) mass is 368 g/mol. The van der Waals surface area contributed by atoms with E-state index in [1.54, 1.807) is 31.2 Å². The first kappa shape index (κ1) is 18.3. The third-order valence-corrected chi connectivity index (χ3v) is 5.87. The van der Waals surface area contributed by atoms with E-state index in [4.69, 9.17) is 9.47 Å². The molecule has 5 nitrogen and oxygen atoms in total. The number of hydrogen-bond acceptors (Lipinski definition) is 5. The lowest BCUT2D eigenvalue weighted by Crippen LogP contribution is -2.51. The number of carbonyl (C=O) groups is 1. The Morgan fingerprint density at radius 1 is 0.963 bits per heavy atom. The van der Waals surface area contributed by atoms with Gasteiger partial charge in [-0.25, -0.2) is 0 Å². The first-order valence-electron chi connectivity index (χ1n) is 9.29. The molecule has 2 aromatic rings. The van der Waals surface area contributed by atoms with Gasteiger partial charge in [-0.05, 0) is 18.1 Å². The first-order chi connectivity index (χ1) is 13.0. The zero-order chi connectivity index (χ0) is 19.1. The molecule has 0 aromatic heterocycles. The largest absolute Gasteiger partial charge is 0.392 e. The standard InChI is InChI=1S/C22H24O5/c1-21(26-12-13-27-21)19-17(23)14-18(24)20(19)22(25,15-8-4-2-5-9-15)16-10-6-3-7-11-16/h2-11,17,19-20,23,25H,12-14H2,1H3/t17-,19+,20+/m1/s1. The Bertz CT molecular complexity index is 758. The van der Waals surface area contributed by atoms with Crippen molar-refractivity contribution in [2.45, 2.75) is 30.8 Å². The van der Waals surface area contributed by atoms with Crippen molar-refractivity contribution >= 4 is 5.78 Å². The predicted molar refractivity (Wildman–Crippen MR) is 98.8 cm³/mol. The summed E-state index contributed by atoms with van der Waals surface area (Å²) in [6, 6.07) is 18.3. The maximum absolute atomic E-state index is 13.1. The summed E-state index contributed by atoms with van der Waals surface area (Å²) in [4.78, 5) is 13.1. The topological polar surface area (TPSA) is 76.0 Å². The fourth-order valence-corrected chi connectivity index (χ4v) is 4.66. The van der Waals surface area contributed by atoms with E-state index in [1.807, 2.05) is 36.4 Å². The highest BCUT2D eigenvalue weighted by molar-refractivity contribution is 5.86. The number of benzene rings is 2. The normalized spacial score (nSPS) is 27.8. The van der Waals surface area contributed by atoms with Gasteiger partial charge in [-0.15, -0.1) is 0 Å². The minimum atomic E-state index is -1.60. The molecule has 27 heavy (non-hydrogen) atoms. The molecule has 142 valence electrons. The Balaban J connectivity index is 1.89. The van der Waals surface area contributed by atoms with Gasteiger partial charge in [-0.2, -0.15) is 0 Å². The molecule has 0 radical (unpaired) electrons. The SMILES string of the molecule is CC1([C@H]2[C@H](O)CC(=O)[C@@H]2C(O)(c2ccccc2)c2ccccc2)OCCO1. The molecular weight excluding hydrogens is 344 g/mol. The van der Waals surface area contributed by atoms with Gasteiger partial charge >= 0.3 is 0 Å². The van der Waals surface area contributed by atoms with Crippen molar-refractivity contribution in [2.24, 2.45) is 11.8 Å². The van der Waals surface area contributed by atoms with E-state index in [2.05, 4.69) is 0 Å². The third kappa shape index (κ3) is 2.91. The zero-order valence-corrected chi connectivity index (χ0v) is 15.2. The summed E-state index contributed by atoms with van der Waals surface area (Å²) >= 11 is 0. The Hall–Kier alpha value is -2.05. The Kier molecular flexibility index (Phi) is 4.64. The number of carbonyl (C=O) groups excluding carboxylic acids is 1. The molecule has 0 unspecified atom stereocenters. The highest BCUT2D eigenvalue weighted by atomic mass is 16.7. The van der Waals surface area contributed by atoms with Gasteiger partial charge in [0.25, 0.3) is 0 Å². The second kappa shape index (κ2) is 6.84. The maximum Gasteiger partial charge on any atom is 0.171 e. The number of ether oxygens (including phenoxy) is 2. The molecular formula is C22H24O5. The number of Topliss-reactive ketones (excluding diaryl/α,β-unsaturated/α-hetero) is 1. The molecule has 0 bridgehead atoms. The van der Waals surface area contributed by atoms with Gasteiger partial charge in [0.05, 0.1) is 31.2 Å². The number of hydrogen-bond donors (Lipinski definition) is 2. The Morgan fingerprint density at radius 3 is 1.93 bits per heavy atom. The molecule has 3 atom stereocenters. The van der Waals surface area contributed by atoms with Gasteiger partial charge in [0, 0.05) is 6.42 Å². The molecule has 0 spiro atoms. The van der Waals surface area contributed by atoms with Crippen LogP contribution in [-0.4, -0.2) is 41.1 Å². The van der Waals surface area contributed by atoms with Crippen LogP contribution in [0.3, 0.4) is 0 Å². The molecule has 2 aliphatic rings. The Labute approximate surface area is 158 Å². The van der Waals surface area contributed by atoms with Crippen LogP contribution in [0, 0.1) is 11.8 Å². The molecule has 1 saturated heterocycles. The molecule has 4 rings (SSSR count). The third-order valence-electron chi connectivity index (χ3n) is 5.87. The fourth-order valence-electron chi connectivity index (χ4n) is 4.66. The summed E-state index contributed by atoms with van der Waals surface area (Å²) in [5.41, 5.74) is -0.384. The first-order valence-corrected chi connectivity index (χ1v) is 9.29. The van der Waals surface area contributed by atoms with Crippen LogP contribution in [0.25, 0.3) is 0 Å². The molecule has 5 heteroatoms. The summed E-state index contributed by atoms with van der Waals surface area (Å²) < 4.78 is 11.6. The van der Waals surface area contributed by atoms with Gasteiger partial charge in [-0.3, -0.25) is 4.79 Å². The van der Waals surface area contributed by atoms with Crippen LogP contribution < -0.4 is 0 Å². The van der Waals surface area contributed by atoms with E-state index in [0.717, 1.165) is 0 Å². The zero-order valence-electron chi connectivity index (χ0n) is 15.2. The highest BCUT2D eigenvalue weighted by Crippen LogP contribution is 2.51. The molecule has 2 aromatic carbocycles. The quantitative estimate of drug-likeness (QED) is 0.866. The average Bonchev–Trinajstić information content (AvgIpc) is 3.26. The van der Waals surface area contributed by atoms with Crippen LogP contribution in [0.5, 0.6) is 0 Å². The van der Waals surface area contributed by atoms with Crippen molar-refractivity contribution in [3.05, 3.63) is 71.8 Å². The van der Waals surface area contributed by atoms with E-state index in [9.17, 15) is 15.0 Å².